The van der Waals surface area contributed by atoms with Crippen molar-refractivity contribution in [2.45, 2.75) is 83.4 Å². The molecule has 3 N–H and O–H groups in total. The minimum absolute atomic E-state index is 0.0650. The van der Waals surface area contributed by atoms with Gasteiger partial charge in [0.2, 0.25) is 6.29 Å². The van der Waals surface area contributed by atoms with Crippen LogP contribution in [0.15, 0.2) is 11.6 Å². The van der Waals surface area contributed by atoms with Crippen LogP contribution in [0.4, 0.5) is 0 Å². The first-order valence-corrected chi connectivity index (χ1v) is 17.1. The fraction of sp³-hybridized carbons (Fsp3) is 0.824. The van der Waals surface area contributed by atoms with Crippen molar-refractivity contribution in [1.29, 1.82) is 0 Å². The van der Waals surface area contributed by atoms with Crippen molar-refractivity contribution in [3.05, 3.63) is 11.6 Å². The molecule has 0 fully saturated rings. The topological polar surface area (TPSA) is 105 Å². The SMILES string of the molecule is CCC(/C=C(\C)C(=O)OC(O)C(O)CO)[Si]C(O[Si](C)(C)C)O[Si](C)(C)C. The molecule has 0 spiro atoms. The third-order valence-corrected chi connectivity index (χ3v) is 7.05. The van der Waals surface area contributed by atoms with Gasteiger partial charge in [-0.15, -0.1) is 0 Å². The summed E-state index contributed by atoms with van der Waals surface area (Å²) in [5, 5.41) is 27.6. The summed E-state index contributed by atoms with van der Waals surface area (Å²) in [6.45, 7) is 15.6. The molecule has 0 aliphatic heterocycles. The quantitative estimate of drug-likeness (QED) is 0.186. The molecule has 0 aromatic carbocycles. The van der Waals surface area contributed by atoms with Gasteiger partial charge in [0.25, 0.3) is 0 Å². The molecule has 0 saturated heterocycles. The Labute approximate surface area is 167 Å². The average molecular weight is 437 g/mol. The molecule has 10 heteroatoms. The van der Waals surface area contributed by atoms with Crippen molar-refractivity contribution in [2.75, 3.05) is 6.61 Å². The van der Waals surface area contributed by atoms with Crippen LogP contribution in [0.3, 0.4) is 0 Å². The van der Waals surface area contributed by atoms with Gasteiger partial charge in [-0.2, -0.15) is 0 Å². The monoisotopic (exact) mass is 436 g/mol. The molecule has 0 amide bonds. The Morgan fingerprint density at radius 2 is 1.56 bits per heavy atom. The predicted molar refractivity (Wildman–Crippen MR) is 111 cm³/mol. The lowest BCUT2D eigenvalue weighted by Gasteiger charge is -2.32. The van der Waals surface area contributed by atoms with E-state index in [1.54, 1.807) is 13.0 Å². The summed E-state index contributed by atoms with van der Waals surface area (Å²) in [6, 6.07) is 0. The standard InChI is InChI=1S/C17H36O7Si3/c1-9-13(10-12(2)15(20)22-16(21)14(19)11-18)25-17(23-26(3,4)5)24-27(6,7)8/h10,13-14,16-19,21H,9,11H2,1-8H3/b12-10+. The summed E-state index contributed by atoms with van der Waals surface area (Å²) in [5.74, 6) is -1.03. The van der Waals surface area contributed by atoms with Gasteiger partial charge in [0, 0.05) is 5.57 Å². The van der Waals surface area contributed by atoms with Gasteiger partial charge in [-0.1, -0.05) is 19.4 Å². The normalized spacial score (nSPS) is 17.0. The van der Waals surface area contributed by atoms with Crippen LogP contribution in [0.2, 0.25) is 44.8 Å². The molecule has 3 unspecified atom stereocenters. The molecule has 0 aliphatic carbocycles. The van der Waals surface area contributed by atoms with Crippen molar-refractivity contribution < 1.29 is 33.7 Å². The van der Waals surface area contributed by atoms with Gasteiger partial charge in [-0.05, 0) is 51.7 Å². The van der Waals surface area contributed by atoms with Gasteiger partial charge in [-0.3, -0.25) is 0 Å². The maximum atomic E-state index is 12.1. The molecule has 0 saturated carbocycles. The van der Waals surface area contributed by atoms with Gasteiger partial charge < -0.3 is 28.9 Å². The van der Waals surface area contributed by atoms with Gasteiger partial charge in [-0.25, -0.2) is 4.79 Å². The summed E-state index contributed by atoms with van der Waals surface area (Å²) >= 11 is 0. The minimum atomic E-state index is -1.79. The Morgan fingerprint density at radius 1 is 1.07 bits per heavy atom. The van der Waals surface area contributed by atoms with E-state index in [2.05, 4.69) is 39.3 Å². The number of carbonyl (C=O) groups excluding carboxylic acids is 1. The zero-order valence-electron chi connectivity index (χ0n) is 17.8. The van der Waals surface area contributed by atoms with E-state index >= 15 is 0 Å². The number of ether oxygens (including phenoxy) is 1. The summed E-state index contributed by atoms with van der Waals surface area (Å²) in [7, 11) is -3.26. The first-order valence-electron chi connectivity index (χ1n) is 9.16. The molecule has 0 rings (SSSR count). The Hall–Kier alpha value is -0.339. The molecular formula is C17H36O7Si3. The fourth-order valence-corrected chi connectivity index (χ4v) is 7.01. The molecule has 2 radical (unpaired) electrons. The van der Waals surface area contributed by atoms with Crippen LogP contribution in [0, 0.1) is 0 Å². The second-order valence-electron chi connectivity index (χ2n) is 8.37. The highest BCUT2D eigenvalue weighted by atomic mass is 28.4. The van der Waals surface area contributed by atoms with E-state index in [0.29, 0.717) is 15.1 Å². The molecule has 3 atom stereocenters. The Kier molecular flexibility index (Phi) is 11.5. The second kappa shape index (κ2) is 11.6. The van der Waals surface area contributed by atoms with Gasteiger partial charge in [0.1, 0.15) is 21.5 Å². The third kappa shape index (κ3) is 12.7. The van der Waals surface area contributed by atoms with Crippen LogP contribution in [0.1, 0.15) is 20.3 Å². The minimum Gasteiger partial charge on any atom is -0.430 e. The van der Waals surface area contributed by atoms with E-state index in [9.17, 15) is 15.0 Å². The van der Waals surface area contributed by atoms with Gasteiger partial charge >= 0.3 is 5.97 Å². The number of aliphatic hydroxyl groups is 3. The first kappa shape index (κ1) is 26.7. The van der Waals surface area contributed by atoms with Crippen molar-refractivity contribution in [3.63, 3.8) is 0 Å². The van der Waals surface area contributed by atoms with Crippen LogP contribution < -0.4 is 0 Å². The summed E-state index contributed by atoms with van der Waals surface area (Å²) in [4.78, 5) is 12.1. The summed E-state index contributed by atoms with van der Waals surface area (Å²) < 4.78 is 17.2. The van der Waals surface area contributed by atoms with Crippen LogP contribution in [0.5, 0.6) is 0 Å². The number of carbonyl (C=O) groups is 1. The molecule has 7 nitrogen and oxygen atoms in total. The zero-order chi connectivity index (χ0) is 21.4. The number of rotatable bonds is 12. The summed E-state index contributed by atoms with van der Waals surface area (Å²) in [5.41, 5.74) is 0.397. The highest BCUT2D eigenvalue weighted by molar-refractivity contribution is 6.71. The highest BCUT2D eigenvalue weighted by Gasteiger charge is 2.29. The van der Waals surface area contributed by atoms with Crippen LogP contribution in [-0.4, -0.2) is 72.4 Å². The van der Waals surface area contributed by atoms with Crippen LogP contribution in [-0.2, 0) is 18.4 Å². The van der Waals surface area contributed by atoms with E-state index in [-0.39, 0.29) is 11.5 Å². The lowest BCUT2D eigenvalue weighted by molar-refractivity contribution is -0.186. The molecule has 0 aliphatic rings. The number of hydrogen-bond donors (Lipinski definition) is 3. The molecule has 0 aromatic rings. The van der Waals surface area contributed by atoms with Crippen molar-refractivity contribution in [3.8, 4) is 0 Å². The number of esters is 1. The van der Waals surface area contributed by atoms with Gasteiger partial charge in [0.15, 0.2) is 16.6 Å². The van der Waals surface area contributed by atoms with E-state index in [1.165, 1.54) is 0 Å². The number of aliphatic hydroxyl groups excluding tert-OH is 3. The molecule has 158 valence electrons. The van der Waals surface area contributed by atoms with Crippen LogP contribution in [0.25, 0.3) is 0 Å². The maximum absolute atomic E-state index is 12.1. The lowest BCUT2D eigenvalue weighted by Crippen LogP contribution is -2.43. The zero-order valence-corrected chi connectivity index (χ0v) is 20.8. The summed E-state index contributed by atoms with van der Waals surface area (Å²) in [6.07, 6.45) is -0.685. The van der Waals surface area contributed by atoms with E-state index < -0.39 is 41.6 Å². The molecule has 0 aromatic heterocycles. The second-order valence-corrected chi connectivity index (χ2v) is 18.8. The predicted octanol–water partition coefficient (Wildman–Crippen LogP) is 2.04. The third-order valence-electron chi connectivity index (χ3n) is 3.23. The highest BCUT2D eigenvalue weighted by Crippen LogP contribution is 2.21. The average Bonchev–Trinajstić information content (AvgIpc) is 2.49. The van der Waals surface area contributed by atoms with Crippen molar-refractivity contribution in [2.24, 2.45) is 0 Å². The van der Waals surface area contributed by atoms with Crippen LogP contribution >= 0.6 is 0 Å². The Morgan fingerprint density at radius 3 is 1.93 bits per heavy atom. The van der Waals surface area contributed by atoms with Crippen molar-refractivity contribution >= 4 is 32.1 Å². The van der Waals surface area contributed by atoms with Gasteiger partial charge in [0.05, 0.1) is 6.61 Å². The Balaban J connectivity index is 5.12. The molecule has 0 heterocycles. The lowest BCUT2D eigenvalue weighted by atomic mass is 10.2. The first-order chi connectivity index (χ1) is 12.2. The molecule has 27 heavy (non-hydrogen) atoms. The van der Waals surface area contributed by atoms with E-state index in [0.717, 1.165) is 6.42 Å². The van der Waals surface area contributed by atoms with E-state index in [4.69, 9.17) is 18.7 Å². The number of hydrogen-bond acceptors (Lipinski definition) is 7. The number of allylic oxidation sites excluding steroid dienone is 1. The smallest absolute Gasteiger partial charge is 0.335 e. The maximum Gasteiger partial charge on any atom is 0.335 e. The molecule has 0 bridgehead atoms. The Bertz CT molecular complexity index is 470. The van der Waals surface area contributed by atoms with E-state index in [1.807, 2.05) is 6.92 Å². The largest absolute Gasteiger partial charge is 0.430 e. The fourth-order valence-electron chi connectivity index (χ4n) is 1.93. The van der Waals surface area contributed by atoms with Crippen molar-refractivity contribution in [1.82, 2.24) is 0 Å². The molecular weight excluding hydrogens is 400 g/mol.